The number of methoxy groups -OCH3 is 1. The molecule has 3 rings (SSSR count). The van der Waals surface area contributed by atoms with Crippen LogP contribution in [0.2, 0.25) is 0 Å². The van der Waals surface area contributed by atoms with Gasteiger partial charge in [0.25, 0.3) is 0 Å². The van der Waals surface area contributed by atoms with Gasteiger partial charge in [-0.1, -0.05) is 6.07 Å². The van der Waals surface area contributed by atoms with Crippen LogP contribution < -0.4 is 4.90 Å². The highest BCUT2D eigenvalue weighted by atomic mass is 16.5. The van der Waals surface area contributed by atoms with E-state index in [1.54, 1.807) is 7.11 Å². The first-order valence-corrected chi connectivity index (χ1v) is 8.74. The Morgan fingerprint density at radius 3 is 2.83 bits per heavy atom. The average Bonchev–Trinajstić information content (AvgIpc) is 3.45. The van der Waals surface area contributed by atoms with E-state index in [4.69, 9.17) is 4.74 Å². The van der Waals surface area contributed by atoms with E-state index in [1.807, 2.05) is 13.2 Å². The Labute approximate surface area is 144 Å². The lowest BCUT2D eigenvalue weighted by Gasteiger charge is -2.38. The first-order valence-electron chi connectivity index (χ1n) is 8.74. The van der Waals surface area contributed by atoms with Crippen molar-refractivity contribution >= 4 is 5.82 Å². The predicted octanol–water partition coefficient (Wildman–Crippen LogP) is 1.34. The van der Waals surface area contributed by atoms with E-state index in [0.29, 0.717) is 12.6 Å². The zero-order valence-corrected chi connectivity index (χ0v) is 14.7. The number of hydrogen-bond acceptors (Lipinski definition) is 6. The number of rotatable bonds is 7. The van der Waals surface area contributed by atoms with Gasteiger partial charge < -0.3 is 9.64 Å². The molecule has 2 aliphatic rings. The van der Waals surface area contributed by atoms with Crippen LogP contribution in [0.3, 0.4) is 0 Å². The topological polar surface area (TPSA) is 55.6 Å². The largest absolute Gasteiger partial charge is 0.383 e. The Morgan fingerprint density at radius 2 is 2.21 bits per heavy atom. The van der Waals surface area contributed by atoms with Gasteiger partial charge in [0.15, 0.2) is 0 Å². The SMILES string of the molecule is COCCN(C)c1ccc(CN2CCN(C3CC3)C(C#N)C2)cn1. The van der Waals surface area contributed by atoms with E-state index in [0.717, 1.165) is 38.5 Å². The third-order valence-corrected chi connectivity index (χ3v) is 4.91. The maximum Gasteiger partial charge on any atom is 0.128 e. The minimum atomic E-state index is 0.0404. The molecule has 1 atom stereocenters. The van der Waals surface area contributed by atoms with Gasteiger partial charge in [0, 0.05) is 59.1 Å². The molecule has 0 spiro atoms. The molecular weight excluding hydrogens is 302 g/mol. The van der Waals surface area contributed by atoms with Crippen LogP contribution in [-0.4, -0.2) is 73.8 Å². The van der Waals surface area contributed by atoms with Gasteiger partial charge in [0.2, 0.25) is 0 Å². The fourth-order valence-electron chi connectivity index (χ4n) is 3.29. The minimum Gasteiger partial charge on any atom is -0.383 e. The lowest BCUT2D eigenvalue weighted by Crippen LogP contribution is -2.52. The second kappa shape index (κ2) is 7.93. The number of ether oxygens (including phenoxy) is 1. The molecule has 0 bridgehead atoms. The molecule has 1 aromatic heterocycles. The summed E-state index contributed by atoms with van der Waals surface area (Å²) in [5, 5.41) is 9.44. The molecule has 2 heterocycles. The van der Waals surface area contributed by atoms with Crippen LogP contribution >= 0.6 is 0 Å². The lowest BCUT2D eigenvalue weighted by molar-refractivity contribution is 0.0897. The monoisotopic (exact) mass is 329 g/mol. The molecule has 1 saturated heterocycles. The zero-order chi connectivity index (χ0) is 16.9. The molecular formula is C18H27N5O. The van der Waals surface area contributed by atoms with Crippen LogP contribution in [0.15, 0.2) is 18.3 Å². The number of anilines is 1. The second-order valence-electron chi connectivity index (χ2n) is 6.79. The molecule has 6 nitrogen and oxygen atoms in total. The molecule has 0 amide bonds. The smallest absolute Gasteiger partial charge is 0.128 e. The number of aromatic nitrogens is 1. The van der Waals surface area contributed by atoms with E-state index >= 15 is 0 Å². The molecule has 0 N–H and O–H groups in total. The lowest BCUT2D eigenvalue weighted by atomic mass is 10.1. The van der Waals surface area contributed by atoms with Crippen molar-refractivity contribution in [2.45, 2.75) is 31.5 Å². The van der Waals surface area contributed by atoms with E-state index in [9.17, 15) is 5.26 Å². The van der Waals surface area contributed by atoms with Crippen molar-refractivity contribution in [2.75, 3.05) is 51.8 Å². The molecule has 0 radical (unpaired) electrons. The molecule has 0 aromatic carbocycles. The summed E-state index contributed by atoms with van der Waals surface area (Å²) in [6, 6.07) is 7.39. The molecule has 24 heavy (non-hydrogen) atoms. The van der Waals surface area contributed by atoms with Gasteiger partial charge in [0.05, 0.1) is 12.7 Å². The summed E-state index contributed by atoms with van der Waals surface area (Å²) in [4.78, 5) is 11.4. The summed E-state index contributed by atoms with van der Waals surface area (Å²) in [6.07, 6.45) is 4.48. The quantitative estimate of drug-likeness (QED) is 0.752. The van der Waals surface area contributed by atoms with Crippen LogP contribution in [0.25, 0.3) is 0 Å². The van der Waals surface area contributed by atoms with E-state index < -0.39 is 0 Å². The minimum absolute atomic E-state index is 0.0404. The Kier molecular flexibility index (Phi) is 5.67. The number of pyridine rings is 1. The highest BCUT2D eigenvalue weighted by molar-refractivity contribution is 5.38. The summed E-state index contributed by atoms with van der Waals surface area (Å²) in [5.74, 6) is 0.962. The molecule has 2 fully saturated rings. The number of likely N-dealkylation sites (N-methyl/N-ethyl adjacent to an activating group) is 1. The molecule has 6 heteroatoms. The van der Waals surface area contributed by atoms with Gasteiger partial charge in [-0.25, -0.2) is 4.98 Å². The van der Waals surface area contributed by atoms with Gasteiger partial charge in [0.1, 0.15) is 11.9 Å². The maximum absolute atomic E-state index is 9.44. The van der Waals surface area contributed by atoms with Crippen molar-refractivity contribution in [1.29, 1.82) is 5.26 Å². The molecule has 130 valence electrons. The van der Waals surface area contributed by atoms with Crippen LogP contribution in [0.5, 0.6) is 0 Å². The standard InChI is InChI=1S/C18H27N5O/c1-21(9-10-24-2)18-6-3-15(12-20-18)13-22-7-8-23(16-4-5-16)17(11-19)14-22/h3,6,12,16-17H,4-5,7-10,13-14H2,1-2H3. The van der Waals surface area contributed by atoms with Crippen LogP contribution in [0.1, 0.15) is 18.4 Å². The molecule has 1 saturated carbocycles. The third kappa shape index (κ3) is 4.23. The maximum atomic E-state index is 9.44. The summed E-state index contributed by atoms with van der Waals surface area (Å²) >= 11 is 0. The van der Waals surface area contributed by atoms with Gasteiger partial charge in [-0.3, -0.25) is 9.80 Å². The number of nitriles is 1. The third-order valence-electron chi connectivity index (χ3n) is 4.91. The molecule has 1 aliphatic carbocycles. The van der Waals surface area contributed by atoms with Crippen LogP contribution in [0, 0.1) is 11.3 Å². The Hall–Kier alpha value is -1.68. The van der Waals surface area contributed by atoms with Crippen molar-refractivity contribution in [1.82, 2.24) is 14.8 Å². The predicted molar refractivity (Wildman–Crippen MR) is 93.8 cm³/mol. The normalized spacial score (nSPS) is 22.3. The van der Waals surface area contributed by atoms with E-state index in [1.165, 1.54) is 18.4 Å². The van der Waals surface area contributed by atoms with Crippen LogP contribution in [-0.2, 0) is 11.3 Å². The second-order valence-corrected chi connectivity index (χ2v) is 6.79. The summed E-state index contributed by atoms with van der Waals surface area (Å²) < 4.78 is 5.10. The Bertz CT molecular complexity index is 566. The van der Waals surface area contributed by atoms with E-state index in [-0.39, 0.29) is 6.04 Å². The van der Waals surface area contributed by atoms with Gasteiger partial charge in [-0.15, -0.1) is 0 Å². The number of piperazine rings is 1. The number of nitrogens with zero attached hydrogens (tertiary/aromatic N) is 5. The molecule has 1 aliphatic heterocycles. The van der Waals surface area contributed by atoms with E-state index in [2.05, 4.69) is 37.9 Å². The van der Waals surface area contributed by atoms with Gasteiger partial charge in [-0.2, -0.15) is 5.26 Å². The van der Waals surface area contributed by atoms with Crippen molar-refractivity contribution < 1.29 is 4.74 Å². The fraction of sp³-hybridized carbons (Fsp3) is 0.667. The van der Waals surface area contributed by atoms with Gasteiger partial charge >= 0.3 is 0 Å². The highest BCUT2D eigenvalue weighted by Crippen LogP contribution is 2.30. The fourth-order valence-corrected chi connectivity index (χ4v) is 3.29. The first kappa shape index (κ1) is 17.2. The van der Waals surface area contributed by atoms with Crippen molar-refractivity contribution in [3.8, 4) is 6.07 Å². The van der Waals surface area contributed by atoms with Crippen LogP contribution in [0.4, 0.5) is 5.82 Å². The molecule has 1 aromatic rings. The van der Waals surface area contributed by atoms with Crippen molar-refractivity contribution in [3.05, 3.63) is 23.9 Å². The first-order chi connectivity index (χ1) is 11.7. The van der Waals surface area contributed by atoms with Crippen molar-refractivity contribution in [3.63, 3.8) is 0 Å². The molecule has 1 unspecified atom stereocenters. The zero-order valence-electron chi connectivity index (χ0n) is 14.7. The Balaban J connectivity index is 1.53. The summed E-state index contributed by atoms with van der Waals surface area (Å²) in [7, 11) is 3.73. The summed E-state index contributed by atoms with van der Waals surface area (Å²) in [5.41, 5.74) is 1.20. The summed E-state index contributed by atoms with van der Waals surface area (Å²) in [6.45, 7) is 5.27. The average molecular weight is 329 g/mol. The van der Waals surface area contributed by atoms with Crippen molar-refractivity contribution in [2.24, 2.45) is 0 Å². The Morgan fingerprint density at radius 1 is 1.38 bits per heavy atom. The van der Waals surface area contributed by atoms with Gasteiger partial charge in [-0.05, 0) is 24.5 Å². The number of hydrogen-bond donors (Lipinski definition) is 0. The highest BCUT2D eigenvalue weighted by Gasteiger charge is 2.37.